The van der Waals surface area contributed by atoms with Crippen molar-refractivity contribution in [3.63, 3.8) is 0 Å². The molecule has 0 radical (unpaired) electrons. The molecule has 1 saturated heterocycles. The molecule has 8 heteroatoms. The lowest BCUT2D eigenvalue weighted by atomic mass is 10.0. The van der Waals surface area contributed by atoms with Gasteiger partial charge in [0, 0.05) is 12.2 Å². The molecule has 1 unspecified atom stereocenters. The molecule has 144 valence electrons. The summed E-state index contributed by atoms with van der Waals surface area (Å²) in [5.41, 5.74) is 0.575. The Labute approximate surface area is 164 Å². The number of carbonyl (C=O) groups is 1. The largest absolute Gasteiger partial charge is 0.456 e. The van der Waals surface area contributed by atoms with Crippen LogP contribution in [-0.2, 0) is 14.8 Å². The van der Waals surface area contributed by atoms with Crippen molar-refractivity contribution in [2.45, 2.75) is 25.3 Å². The minimum atomic E-state index is -3.42. The second-order valence-corrected chi connectivity index (χ2v) is 8.77. The van der Waals surface area contributed by atoms with Gasteiger partial charge in [-0.15, -0.1) is 0 Å². The summed E-state index contributed by atoms with van der Waals surface area (Å²) in [6, 6.07) is 13.3. The molecule has 0 spiro atoms. The van der Waals surface area contributed by atoms with E-state index >= 15 is 0 Å². The summed E-state index contributed by atoms with van der Waals surface area (Å²) in [5, 5.41) is 3.30. The maximum atomic E-state index is 12.6. The fraction of sp³-hybridized carbons (Fsp3) is 0.316. The number of sulfonamides is 1. The molecule has 1 aliphatic rings. The Balaban J connectivity index is 1.67. The summed E-state index contributed by atoms with van der Waals surface area (Å²) >= 11 is 6.07. The first-order valence-corrected chi connectivity index (χ1v) is 10.9. The number of piperidine rings is 1. The highest BCUT2D eigenvalue weighted by Crippen LogP contribution is 2.29. The van der Waals surface area contributed by atoms with Crippen LogP contribution >= 0.6 is 11.6 Å². The number of rotatable bonds is 5. The third kappa shape index (κ3) is 5.00. The number of para-hydroxylation sites is 1. The van der Waals surface area contributed by atoms with Crippen molar-refractivity contribution in [1.29, 1.82) is 0 Å². The van der Waals surface area contributed by atoms with Gasteiger partial charge in [-0.2, -0.15) is 4.31 Å². The van der Waals surface area contributed by atoms with E-state index < -0.39 is 16.1 Å². The lowest BCUT2D eigenvalue weighted by molar-refractivity contribution is -0.120. The van der Waals surface area contributed by atoms with E-state index in [1.54, 1.807) is 36.4 Å². The van der Waals surface area contributed by atoms with E-state index in [0.717, 1.165) is 19.1 Å². The molecule has 2 aromatic carbocycles. The van der Waals surface area contributed by atoms with Crippen molar-refractivity contribution in [2.24, 2.45) is 0 Å². The summed E-state index contributed by atoms with van der Waals surface area (Å²) in [6.07, 6.45) is 3.26. The lowest BCUT2D eigenvalue weighted by Crippen LogP contribution is -2.49. The minimum Gasteiger partial charge on any atom is -0.456 e. The van der Waals surface area contributed by atoms with Gasteiger partial charge in [-0.1, -0.05) is 30.2 Å². The van der Waals surface area contributed by atoms with Crippen LogP contribution < -0.4 is 10.1 Å². The molecule has 27 heavy (non-hydrogen) atoms. The number of nitrogens with zero attached hydrogens (tertiary/aromatic N) is 1. The second-order valence-electron chi connectivity index (χ2n) is 6.43. The molecule has 1 N–H and O–H groups in total. The molecule has 1 atom stereocenters. The Bertz CT molecular complexity index is 916. The minimum absolute atomic E-state index is 0.320. The summed E-state index contributed by atoms with van der Waals surface area (Å²) in [5.74, 6) is 0.804. The molecule has 0 bridgehead atoms. The molecule has 1 amide bonds. The zero-order valence-electron chi connectivity index (χ0n) is 14.9. The Morgan fingerprint density at radius 2 is 1.85 bits per heavy atom. The van der Waals surface area contributed by atoms with Crippen LogP contribution in [0.25, 0.3) is 0 Å². The maximum absolute atomic E-state index is 12.6. The van der Waals surface area contributed by atoms with Crippen LogP contribution in [0, 0.1) is 0 Å². The molecule has 1 heterocycles. The number of benzene rings is 2. The van der Waals surface area contributed by atoms with Crippen LogP contribution in [0.3, 0.4) is 0 Å². The molecular formula is C19H21ClN2O4S. The molecule has 0 aliphatic carbocycles. The summed E-state index contributed by atoms with van der Waals surface area (Å²) in [6.45, 7) is 0.377. The first-order chi connectivity index (χ1) is 12.8. The van der Waals surface area contributed by atoms with E-state index in [1.165, 1.54) is 4.31 Å². The first-order valence-electron chi connectivity index (χ1n) is 8.65. The molecule has 0 saturated carbocycles. The molecular weight excluding hydrogens is 388 g/mol. The van der Waals surface area contributed by atoms with Crippen LogP contribution in [0.4, 0.5) is 5.69 Å². The maximum Gasteiger partial charge on any atom is 0.242 e. The highest BCUT2D eigenvalue weighted by atomic mass is 35.5. The van der Waals surface area contributed by atoms with Crippen LogP contribution in [0.5, 0.6) is 11.5 Å². The highest BCUT2D eigenvalue weighted by Gasteiger charge is 2.34. The Hall–Kier alpha value is -2.09. The van der Waals surface area contributed by atoms with Gasteiger partial charge in [0.05, 0.1) is 11.3 Å². The average molecular weight is 409 g/mol. The quantitative estimate of drug-likeness (QED) is 0.814. The predicted molar refractivity (Wildman–Crippen MR) is 106 cm³/mol. The molecule has 1 fully saturated rings. The van der Waals surface area contributed by atoms with Crippen LogP contribution in [0.15, 0.2) is 48.5 Å². The molecule has 0 aromatic heterocycles. The van der Waals surface area contributed by atoms with Crippen LogP contribution in [-0.4, -0.2) is 37.5 Å². The van der Waals surface area contributed by atoms with Crippen LogP contribution in [0.1, 0.15) is 19.3 Å². The predicted octanol–water partition coefficient (Wildman–Crippen LogP) is 3.88. The topological polar surface area (TPSA) is 75.7 Å². The zero-order chi connectivity index (χ0) is 19.4. The van der Waals surface area contributed by atoms with E-state index in [2.05, 4.69) is 5.32 Å². The highest BCUT2D eigenvalue weighted by molar-refractivity contribution is 7.88. The molecule has 3 rings (SSSR count). The van der Waals surface area contributed by atoms with Crippen molar-refractivity contribution in [3.8, 4) is 11.5 Å². The number of hydrogen-bond donors (Lipinski definition) is 1. The van der Waals surface area contributed by atoms with E-state index in [4.69, 9.17) is 16.3 Å². The van der Waals surface area contributed by atoms with Crippen molar-refractivity contribution >= 4 is 33.2 Å². The third-order valence-electron chi connectivity index (χ3n) is 4.37. The average Bonchev–Trinajstić information content (AvgIpc) is 2.64. The molecule has 1 aliphatic heterocycles. The number of amides is 1. The number of anilines is 1. The van der Waals surface area contributed by atoms with Crippen molar-refractivity contribution in [2.75, 3.05) is 18.1 Å². The van der Waals surface area contributed by atoms with Gasteiger partial charge in [0.25, 0.3) is 0 Å². The van der Waals surface area contributed by atoms with E-state index in [1.807, 2.05) is 12.1 Å². The number of halogens is 1. The molecule has 6 nitrogen and oxygen atoms in total. The Morgan fingerprint density at radius 1 is 1.15 bits per heavy atom. The van der Waals surface area contributed by atoms with Crippen molar-refractivity contribution in [1.82, 2.24) is 4.31 Å². The fourth-order valence-electron chi connectivity index (χ4n) is 3.05. The summed E-state index contributed by atoms with van der Waals surface area (Å²) in [7, 11) is -3.42. The van der Waals surface area contributed by atoms with Crippen molar-refractivity contribution < 1.29 is 17.9 Å². The number of nitrogens with one attached hydrogen (secondary N) is 1. The Kier molecular flexibility index (Phi) is 6.04. The van der Waals surface area contributed by atoms with Gasteiger partial charge in [-0.05, 0) is 49.2 Å². The standard InChI is InChI=1S/C19H21ClN2O4S/c1-27(24,25)22-13-5-4-7-17(22)19(23)21-14-9-11-15(12-10-14)26-18-8-3-2-6-16(18)20/h2-3,6,8-12,17H,4-5,7,13H2,1H3,(H,21,23). The van der Waals surface area contributed by atoms with Gasteiger partial charge >= 0.3 is 0 Å². The normalized spacial score (nSPS) is 18.1. The van der Waals surface area contributed by atoms with Gasteiger partial charge in [-0.3, -0.25) is 4.79 Å². The van der Waals surface area contributed by atoms with Crippen LogP contribution in [0.2, 0.25) is 5.02 Å². The first kappa shape index (κ1) is 19.7. The number of carbonyl (C=O) groups excluding carboxylic acids is 1. The van der Waals surface area contributed by atoms with E-state index in [0.29, 0.717) is 35.2 Å². The van der Waals surface area contributed by atoms with E-state index in [-0.39, 0.29) is 5.91 Å². The molecule has 2 aromatic rings. The Morgan fingerprint density at radius 3 is 2.52 bits per heavy atom. The van der Waals surface area contributed by atoms with Gasteiger partial charge in [0.15, 0.2) is 0 Å². The summed E-state index contributed by atoms with van der Waals surface area (Å²) < 4.78 is 30.8. The van der Waals surface area contributed by atoms with Gasteiger partial charge in [0.1, 0.15) is 17.5 Å². The van der Waals surface area contributed by atoms with Crippen molar-refractivity contribution in [3.05, 3.63) is 53.6 Å². The third-order valence-corrected chi connectivity index (χ3v) is 5.97. The number of ether oxygens (including phenoxy) is 1. The zero-order valence-corrected chi connectivity index (χ0v) is 16.5. The summed E-state index contributed by atoms with van der Waals surface area (Å²) in [4.78, 5) is 12.6. The second kappa shape index (κ2) is 8.29. The lowest BCUT2D eigenvalue weighted by Gasteiger charge is -2.32. The van der Waals surface area contributed by atoms with E-state index in [9.17, 15) is 13.2 Å². The van der Waals surface area contributed by atoms with Gasteiger partial charge in [-0.25, -0.2) is 8.42 Å². The smallest absolute Gasteiger partial charge is 0.242 e. The SMILES string of the molecule is CS(=O)(=O)N1CCCCC1C(=O)Nc1ccc(Oc2ccccc2Cl)cc1. The van der Waals surface area contributed by atoms with Gasteiger partial charge in [0.2, 0.25) is 15.9 Å². The monoisotopic (exact) mass is 408 g/mol. The number of hydrogen-bond acceptors (Lipinski definition) is 4. The van der Waals surface area contributed by atoms with Gasteiger partial charge < -0.3 is 10.1 Å². The fourth-order valence-corrected chi connectivity index (χ4v) is 4.35.